The first-order chi connectivity index (χ1) is 7.61. The van der Waals surface area contributed by atoms with Crippen LogP contribution in [0.1, 0.15) is 19.8 Å². The van der Waals surface area contributed by atoms with Crippen molar-refractivity contribution in [3.05, 3.63) is 29.8 Å². The average Bonchev–Trinajstić information content (AvgIpc) is 2.16. The molecule has 0 unspecified atom stereocenters. The van der Waals surface area contributed by atoms with Gasteiger partial charge in [0.25, 0.3) is 0 Å². The molecule has 0 radical (unpaired) electrons. The van der Waals surface area contributed by atoms with Crippen LogP contribution in [0.2, 0.25) is 0 Å². The number of unbranched alkanes of at least 4 members (excludes halogenated alkanes) is 1. The minimum Gasteiger partial charge on any atom is -0.338 e. The minimum atomic E-state index is -0.719. The molecule has 0 saturated heterocycles. The van der Waals surface area contributed by atoms with E-state index < -0.39 is 17.7 Å². The molecule has 0 aromatic heterocycles. The van der Waals surface area contributed by atoms with Gasteiger partial charge in [-0.25, -0.2) is 13.6 Å². The third-order valence-corrected chi connectivity index (χ3v) is 1.94. The lowest BCUT2D eigenvalue weighted by Gasteiger charge is -2.07. The minimum absolute atomic E-state index is 0.103. The molecule has 1 aromatic carbocycles. The molecular formula is C11H14F2N2O. The van der Waals surface area contributed by atoms with Crippen molar-refractivity contribution in [3.63, 3.8) is 0 Å². The molecule has 3 nitrogen and oxygen atoms in total. The normalized spacial score (nSPS) is 9.94. The smallest absolute Gasteiger partial charge is 0.319 e. The molecule has 1 rings (SSSR count). The summed E-state index contributed by atoms with van der Waals surface area (Å²) in [5, 5.41) is 4.93. The Morgan fingerprint density at radius 3 is 2.44 bits per heavy atom. The van der Waals surface area contributed by atoms with Crippen LogP contribution in [0.5, 0.6) is 0 Å². The van der Waals surface area contributed by atoms with Gasteiger partial charge in [-0.2, -0.15) is 0 Å². The number of amides is 2. The third-order valence-electron chi connectivity index (χ3n) is 1.94. The number of urea groups is 1. The lowest BCUT2D eigenvalue weighted by molar-refractivity contribution is 0.252. The Kier molecular flexibility index (Phi) is 4.69. The number of carbonyl (C=O) groups is 1. The van der Waals surface area contributed by atoms with Gasteiger partial charge in [0.2, 0.25) is 0 Å². The molecule has 0 spiro atoms. The summed E-state index contributed by atoms with van der Waals surface area (Å²) in [6, 6.07) is 2.41. The van der Waals surface area contributed by atoms with Crippen molar-refractivity contribution < 1.29 is 13.6 Å². The first-order valence-corrected chi connectivity index (χ1v) is 5.12. The van der Waals surface area contributed by atoms with E-state index in [-0.39, 0.29) is 5.69 Å². The summed E-state index contributed by atoms with van der Waals surface area (Å²) in [6.45, 7) is 2.54. The van der Waals surface area contributed by atoms with Gasteiger partial charge in [-0.1, -0.05) is 13.3 Å². The van der Waals surface area contributed by atoms with Crippen LogP contribution in [0.3, 0.4) is 0 Å². The Hall–Kier alpha value is -1.65. The molecule has 0 fully saturated rings. The first-order valence-electron chi connectivity index (χ1n) is 5.12. The van der Waals surface area contributed by atoms with Crippen LogP contribution in [-0.4, -0.2) is 12.6 Å². The fourth-order valence-electron chi connectivity index (χ4n) is 1.18. The van der Waals surface area contributed by atoms with Crippen LogP contribution >= 0.6 is 0 Å². The molecule has 0 heterocycles. The van der Waals surface area contributed by atoms with Crippen molar-refractivity contribution in [1.29, 1.82) is 0 Å². The Morgan fingerprint density at radius 2 is 1.88 bits per heavy atom. The first kappa shape index (κ1) is 12.4. The van der Waals surface area contributed by atoms with E-state index in [0.717, 1.165) is 31.0 Å². The van der Waals surface area contributed by atoms with E-state index in [1.54, 1.807) is 0 Å². The molecule has 0 atom stereocenters. The Bertz CT molecular complexity index is 349. The second kappa shape index (κ2) is 6.05. The maximum Gasteiger partial charge on any atom is 0.319 e. The fourth-order valence-corrected chi connectivity index (χ4v) is 1.18. The van der Waals surface area contributed by atoms with Crippen LogP contribution in [-0.2, 0) is 0 Å². The molecule has 16 heavy (non-hydrogen) atoms. The molecule has 0 saturated carbocycles. The molecular weight excluding hydrogens is 214 g/mol. The van der Waals surface area contributed by atoms with Crippen LogP contribution in [0.4, 0.5) is 19.3 Å². The van der Waals surface area contributed by atoms with Gasteiger partial charge in [0.05, 0.1) is 0 Å². The SMILES string of the molecule is CCCCNC(=O)Nc1cc(F)cc(F)c1. The molecule has 5 heteroatoms. The van der Waals surface area contributed by atoms with Gasteiger partial charge in [-0.05, 0) is 18.6 Å². The zero-order valence-electron chi connectivity index (χ0n) is 9.02. The Morgan fingerprint density at radius 1 is 1.25 bits per heavy atom. The molecule has 2 N–H and O–H groups in total. The number of hydrogen-bond acceptors (Lipinski definition) is 1. The second-order valence-electron chi connectivity index (χ2n) is 3.39. The summed E-state index contributed by atoms with van der Waals surface area (Å²) in [5.74, 6) is -1.44. The van der Waals surface area contributed by atoms with Gasteiger partial charge in [0.15, 0.2) is 0 Å². The van der Waals surface area contributed by atoms with Gasteiger partial charge in [0, 0.05) is 18.3 Å². The maximum atomic E-state index is 12.8. The lowest BCUT2D eigenvalue weighted by atomic mass is 10.3. The molecule has 88 valence electrons. The number of nitrogens with one attached hydrogen (secondary N) is 2. The van der Waals surface area contributed by atoms with Crippen molar-refractivity contribution in [3.8, 4) is 0 Å². The number of carbonyl (C=O) groups excluding carboxylic acids is 1. The Labute approximate surface area is 92.8 Å². The van der Waals surface area contributed by atoms with Crippen molar-refractivity contribution >= 4 is 11.7 Å². The van der Waals surface area contributed by atoms with E-state index in [9.17, 15) is 13.6 Å². The van der Waals surface area contributed by atoms with E-state index in [1.165, 1.54) is 0 Å². The van der Waals surface area contributed by atoms with Crippen molar-refractivity contribution in [2.45, 2.75) is 19.8 Å². The summed E-state index contributed by atoms with van der Waals surface area (Å²) in [6.07, 6.45) is 1.83. The van der Waals surface area contributed by atoms with E-state index >= 15 is 0 Å². The monoisotopic (exact) mass is 228 g/mol. The number of benzene rings is 1. The van der Waals surface area contributed by atoms with Gasteiger partial charge in [-0.3, -0.25) is 0 Å². The zero-order valence-corrected chi connectivity index (χ0v) is 9.02. The highest BCUT2D eigenvalue weighted by Gasteiger charge is 2.04. The fraction of sp³-hybridized carbons (Fsp3) is 0.364. The molecule has 0 aliphatic rings. The summed E-state index contributed by atoms with van der Waals surface area (Å²) < 4.78 is 25.5. The molecule has 2 amide bonds. The van der Waals surface area contributed by atoms with Crippen LogP contribution in [0, 0.1) is 11.6 Å². The van der Waals surface area contributed by atoms with E-state index in [1.807, 2.05) is 6.92 Å². The summed E-state index contributed by atoms with van der Waals surface area (Å²) >= 11 is 0. The standard InChI is InChI=1S/C11H14F2N2O/c1-2-3-4-14-11(16)15-10-6-8(12)5-9(13)7-10/h5-7H,2-4H2,1H3,(H2,14,15,16). The quantitative estimate of drug-likeness (QED) is 0.764. The van der Waals surface area contributed by atoms with Crippen LogP contribution in [0.15, 0.2) is 18.2 Å². The average molecular weight is 228 g/mol. The molecule has 0 aliphatic carbocycles. The molecule has 1 aromatic rings. The predicted octanol–water partition coefficient (Wildman–Crippen LogP) is 2.89. The Balaban J connectivity index is 2.49. The number of rotatable bonds is 4. The largest absolute Gasteiger partial charge is 0.338 e. The molecule has 0 bridgehead atoms. The van der Waals surface area contributed by atoms with Crippen LogP contribution < -0.4 is 10.6 Å². The highest BCUT2D eigenvalue weighted by molar-refractivity contribution is 5.89. The highest BCUT2D eigenvalue weighted by atomic mass is 19.1. The van der Waals surface area contributed by atoms with Gasteiger partial charge >= 0.3 is 6.03 Å². The topological polar surface area (TPSA) is 41.1 Å². The van der Waals surface area contributed by atoms with Crippen molar-refractivity contribution in [1.82, 2.24) is 5.32 Å². The number of halogens is 2. The van der Waals surface area contributed by atoms with E-state index in [2.05, 4.69) is 10.6 Å². The van der Waals surface area contributed by atoms with Crippen LogP contribution in [0.25, 0.3) is 0 Å². The summed E-state index contributed by atoms with van der Waals surface area (Å²) in [4.78, 5) is 11.2. The predicted molar refractivity (Wildman–Crippen MR) is 58.3 cm³/mol. The molecule has 0 aliphatic heterocycles. The summed E-state index contributed by atoms with van der Waals surface area (Å²) in [5.41, 5.74) is 0.103. The second-order valence-corrected chi connectivity index (χ2v) is 3.39. The van der Waals surface area contributed by atoms with Crippen molar-refractivity contribution in [2.24, 2.45) is 0 Å². The van der Waals surface area contributed by atoms with E-state index in [4.69, 9.17) is 0 Å². The van der Waals surface area contributed by atoms with Gasteiger partial charge < -0.3 is 10.6 Å². The third kappa shape index (κ3) is 4.25. The van der Waals surface area contributed by atoms with Gasteiger partial charge in [-0.15, -0.1) is 0 Å². The highest BCUT2D eigenvalue weighted by Crippen LogP contribution is 2.12. The zero-order chi connectivity index (χ0) is 12.0. The van der Waals surface area contributed by atoms with Crippen molar-refractivity contribution in [2.75, 3.05) is 11.9 Å². The summed E-state index contributed by atoms with van der Waals surface area (Å²) in [7, 11) is 0. The van der Waals surface area contributed by atoms with E-state index in [0.29, 0.717) is 6.54 Å². The van der Waals surface area contributed by atoms with Gasteiger partial charge in [0.1, 0.15) is 11.6 Å². The lowest BCUT2D eigenvalue weighted by Crippen LogP contribution is -2.29. The maximum absolute atomic E-state index is 12.8. The number of anilines is 1. The number of hydrogen-bond donors (Lipinski definition) is 2.